The average Bonchev–Trinajstić information content (AvgIpc) is 3.02. The van der Waals surface area contributed by atoms with Gasteiger partial charge >= 0.3 is 0 Å². The fraction of sp³-hybridized carbons (Fsp3) is 0.333. The Morgan fingerprint density at radius 3 is 2.57 bits per heavy atom. The molecule has 1 fully saturated rings. The summed E-state index contributed by atoms with van der Waals surface area (Å²) in [7, 11) is 0. The lowest BCUT2D eigenvalue weighted by atomic mass is 10.1. The van der Waals surface area contributed by atoms with Gasteiger partial charge < -0.3 is 9.30 Å². The summed E-state index contributed by atoms with van der Waals surface area (Å²) in [4.78, 5) is 31.2. The number of fused-ring (bicyclic) bond motifs is 1. The van der Waals surface area contributed by atoms with Crippen molar-refractivity contribution in [1.29, 1.82) is 0 Å². The zero-order chi connectivity index (χ0) is 21.4. The van der Waals surface area contributed by atoms with E-state index in [1.807, 2.05) is 32.2 Å². The summed E-state index contributed by atoms with van der Waals surface area (Å²) in [5, 5.41) is 10.8. The van der Waals surface area contributed by atoms with Crippen LogP contribution >= 0.6 is 0 Å². The number of pyridine rings is 1. The summed E-state index contributed by atoms with van der Waals surface area (Å²) in [5.74, 6) is -1.31. The summed E-state index contributed by atoms with van der Waals surface area (Å²) in [6.45, 7) is 6.97. The number of aromatic nitrogens is 2. The van der Waals surface area contributed by atoms with E-state index in [4.69, 9.17) is 0 Å². The van der Waals surface area contributed by atoms with E-state index >= 15 is 0 Å². The topological polar surface area (TPSA) is 84.0 Å². The lowest BCUT2D eigenvalue weighted by Crippen LogP contribution is -2.48. The van der Waals surface area contributed by atoms with Gasteiger partial charge in [0.2, 0.25) is 0 Å². The van der Waals surface area contributed by atoms with Gasteiger partial charge in [-0.3, -0.25) is 19.8 Å². The Hall–Kier alpha value is -3.33. The Morgan fingerprint density at radius 2 is 1.90 bits per heavy atom. The molecule has 156 valence electrons. The fourth-order valence-electron chi connectivity index (χ4n) is 3.79. The minimum Gasteiger partial charge on any atom is -0.336 e. The fourth-order valence-corrected chi connectivity index (χ4v) is 3.79. The van der Waals surface area contributed by atoms with E-state index in [0.717, 1.165) is 34.7 Å². The second-order valence-corrected chi connectivity index (χ2v) is 7.57. The molecule has 9 heteroatoms. The molecule has 1 aliphatic heterocycles. The van der Waals surface area contributed by atoms with E-state index in [0.29, 0.717) is 32.7 Å². The van der Waals surface area contributed by atoms with Crippen LogP contribution in [0.1, 0.15) is 27.3 Å². The van der Waals surface area contributed by atoms with Gasteiger partial charge in [-0.05, 0) is 37.6 Å². The van der Waals surface area contributed by atoms with Crippen molar-refractivity contribution in [1.82, 2.24) is 19.2 Å². The molecule has 1 amide bonds. The summed E-state index contributed by atoms with van der Waals surface area (Å²) >= 11 is 0. The number of nitrogens with zero attached hydrogens (tertiary/aromatic N) is 5. The largest absolute Gasteiger partial charge is 0.336 e. The number of aryl methyl sites for hydroxylation is 2. The van der Waals surface area contributed by atoms with Gasteiger partial charge in [0.1, 0.15) is 11.5 Å². The summed E-state index contributed by atoms with van der Waals surface area (Å²) < 4.78 is 16.3. The third kappa shape index (κ3) is 3.76. The van der Waals surface area contributed by atoms with Crippen molar-refractivity contribution < 1.29 is 14.1 Å². The first-order valence-corrected chi connectivity index (χ1v) is 9.73. The lowest BCUT2D eigenvalue weighted by Gasteiger charge is -2.34. The van der Waals surface area contributed by atoms with Gasteiger partial charge in [-0.15, -0.1) is 0 Å². The minimum atomic E-state index is -0.867. The maximum atomic E-state index is 14.2. The number of hydrogen-bond donors (Lipinski definition) is 0. The van der Waals surface area contributed by atoms with Crippen LogP contribution in [0, 0.1) is 29.8 Å². The van der Waals surface area contributed by atoms with Crippen molar-refractivity contribution >= 4 is 17.2 Å². The van der Waals surface area contributed by atoms with Crippen molar-refractivity contribution in [2.45, 2.75) is 20.4 Å². The molecule has 1 aliphatic rings. The van der Waals surface area contributed by atoms with Crippen LogP contribution in [-0.2, 0) is 6.54 Å². The maximum absolute atomic E-state index is 14.2. The molecule has 0 saturated carbocycles. The molecule has 0 aliphatic carbocycles. The van der Waals surface area contributed by atoms with Crippen LogP contribution in [0.15, 0.2) is 36.5 Å². The van der Waals surface area contributed by atoms with Crippen LogP contribution in [0.4, 0.5) is 10.1 Å². The van der Waals surface area contributed by atoms with E-state index in [-0.39, 0.29) is 11.3 Å². The standard InChI is InChI=1S/C21H22FN5O3/c1-14-5-6-26-19(15(2)23-20(26)11-14)13-24-7-9-25(10-8-24)21(28)17-4-3-16(27(29)30)12-18(17)22/h3-6,11-12H,7-10,13H2,1-2H3. The highest BCUT2D eigenvalue weighted by Gasteiger charge is 2.26. The summed E-state index contributed by atoms with van der Waals surface area (Å²) in [6, 6.07) is 7.23. The zero-order valence-electron chi connectivity index (χ0n) is 16.8. The highest BCUT2D eigenvalue weighted by molar-refractivity contribution is 5.94. The molecule has 0 spiro atoms. The normalized spacial score (nSPS) is 15.0. The lowest BCUT2D eigenvalue weighted by molar-refractivity contribution is -0.385. The number of piperazine rings is 1. The van der Waals surface area contributed by atoms with Crippen LogP contribution < -0.4 is 0 Å². The minimum absolute atomic E-state index is 0.137. The molecule has 0 unspecified atom stereocenters. The molecule has 3 aromatic rings. The number of nitro benzene ring substituents is 1. The number of amides is 1. The average molecular weight is 411 g/mol. The number of carbonyl (C=O) groups excluding carboxylic acids is 1. The zero-order valence-corrected chi connectivity index (χ0v) is 16.8. The number of nitro groups is 1. The molecule has 8 nitrogen and oxygen atoms in total. The van der Waals surface area contributed by atoms with Crippen LogP contribution in [-0.4, -0.2) is 56.2 Å². The second-order valence-electron chi connectivity index (χ2n) is 7.57. The molecule has 0 radical (unpaired) electrons. The Balaban J connectivity index is 1.43. The first-order chi connectivity index (χ1) is 14.3. The molecule has 30 heavy (non-hydrogen) atoms. The first-order valence-electron chi connectivity index (χ1n) is 9.73. The van der Waals surface area contributed by atoms with Crippen LogP contribution in [0.2, 0.25) is 0 Å². The molecule has 0 N–H and O–H groups in total. The molecule has 1 aromatic carbocycles. The Morgan fingerprint density at radius 1 is 1.17 bits per heavy atom. The smallest absolute Gasteiger partial charge is 0.272 e. The third-order valence-electron chi connectivity index (χ3n) is 5.51. The van der Waals surface area contributed by atoms with Crippen molar-refractivity contribution in [2.75, 3.05) is 26.2 Å². The molecule has 1 saturated heterocycles. The van der Waals surface area contributed by atoms with Gasteiger partial charge in [0.25, 0.3) is 11.6 Å². The van der Waals surface area contributed by atoms with Crippen molar-refractivity contribution in [3.63, 3.8) is 0 Å². The number of benzene rings is 1. The van der Waals surface area contributed by atoms with Gasteiger partial charge in [-0.1, -0.05) is 0 Å². The highest BCUT2D eigenvalue weighted by Crippen LogP contribution is 2.20. The van der Waals surface area contributed by atoms with Crippen LogP contribution in [0.25, 0.3) is 5.65 Å². The number of halogens is 1. The van der Waals surface area contributed by atoms with Crippen molar-refractivity contribution in [3.05, 3.63) is 75.0 Å². The second kappa shape index (κ2) is 7.83. The number of hydrogen-bond acceptors (Lipinski definition) is 5. The van der Waals surface area contributed by atoms with Gasteiger partial charge in [-0.25, -0.2) is 9.37 Å². The predicted octanol–water partition coefficient (Wildman–Crippen LogP) is 2.96. The first kappa shape index (κ1) is 20.0. The molecule has 0 atom stereocenters. The van der Waals surface area contributed by atoms with E-state index in [1.54, 1.807) is 4.90 Å². The van der Waals surface area contributed by atoms with Crippen LogP contribution in [0.5, 0.6) is 0 Å². The Labute approximate surface area is 172 Å². The van der Waals surface area contributed by atoms with E-state index in [2.05, 4.69) is 14.3 Å². The maximum Gasteiger partial charge on any atom is 0.272 e. The molecule has 0 bridgehead atoms. The molecular formula is C21H22FN5O3. The van der Waals surface area contributed by atoms with Gasteiger partial charge in [0.05, 0.1) is 27.9 Å². The molecule has 4 rings (SSSR count). The highest BCUT2D eigenvalue weighted by atomic mass is 19.1. The van der Waals surface area contributed by atoms with E-state index in [9.17, 15) is 19.3 Å². The van der Waals surface area contributed by atoms with E-state index < -0.39 is 16.6 Å². The van der Waals surface area contributed by atoms with Crippen LogP contribution in [0.3, 0.4) is 0 Å². The summed E-state index contributed by atoms with van der Waals surface area (Å²) in [6.07, 6.45) is 2.02. The van der Waals surface area contributed by atoms with E-state index in [1.165, 1.54) is 6.07 Å². The SMILES string of the molecule is Cc1ccn2c(CN3CCN(C(=O)c4ccc([N+](=O)[O-])cc4F)CC3)c(C)nc2c1. The monoisotopic (exact) mass is 411 g/mol. The third-order valence-corrected chi connectivity index (χ3v) is 5.51. The predicted molar refractivity (Wildman–Crippen MR) is 109 cm³/mol. The molecular weight excluding hydrogens is 389 g/mol. The Bertz CT molecular complexity index is 1140. The number of non-ortho nitro benzene ring substituents is 1. The number of carbonyl (C=O) groups is 1. The number of imidazole rings is 1. The molecule has 3 heterocycles. The summed E-state index contributed by atoms with van der Waals surface area (Å²) in [5.41, 5.74) is 3.67. The van der Waals surface area contributed by atoms with Crippen molar-refractivity contribution in [2.24, 2.45) is 0 Å². The van der Waals surface area contributed by atoms with Gasteiger partial charge in [0.15, 0.2) is 0 Å². The number of rotatable bonds is 4. The van der Waals surface area contributed by atoms with Crippen molar-refractivity contribution in [3.8, 4) is 0 Å². The quantitative estimate of drug-likeness (QED) is 0.487. The Kier molecular flexibility index (Phi) is 5.21. The molecule has 2 aromatic heterocycles. The van der Waals surface area contributed by atoms with Gasteiger partial charge in [-0.2, -0.15) is 0 Å². The van der Waals surface area contributed by atoms with Gasteiger partial charge in [0, 0.05) is 45.0 Å².